The lowest BCUT2D eigenvalue weighted by atomic mass is 9.97. The highest BCUT2D eigenvalue weighted by Gasteiger charge is 2.42. The van der Waals surface area contributed by atoms with Gasteiger partial charge in [-0.15, -0.1) is 0 Å². The van der Waals surface area contributed by atoms with Crippen LogP contribution >= 0.6 is 0 Å². The van der Waals surface area contributed by atoms with Gasteiger partial charge in [0.05, 0.1) is 28.2 Å². The van der Waals surface area contributed by atoms with Crippen LogP contribution in [0.1, 0.15) is 45.3 Å². The number of imidazole rings is 1. The van der Waals surface area contributed by atoms with Gasteiger partial charge in [0.25, 0.3) is 11.6 Å². The van der Waals surface area contributed by atoms with Gasteiger partial charge in [-0.3, -0.25) is 19.7 Å². The molecule has 0 saturated heterocycles. The highest BCUT2D eigenvalue weighted by atomic mass is 16.6. The number of fused-ring (bicyclic) bond motifs is 2. The molecule has 9 nitrogen and oxygen atoms in total. The average Bonchev–Trinajstić information content (AvgIpc) is 3.43. The van der Waals surface area contributed by atoms with Crippen LogP contribution in [-0.4, -0.2) is 31.8 Å². The quantitative estimate of drug-likeness (QED) is 0.317. The Hall–Kier alpha value is -4.27. The molecule has 3 heterocycles. The van der Waals surface area contributed by atoms with Crippen LogP contribution < -0.4 is 5.43 Å². The molecule has 2 aromatic carbocycles. The third kappa shape index (κ3) is 3.55. The summed E-state index contributed by atoms with van der Waals surface area (Å²) in [5.74, 6) is -0.394. The fourth-order valence-electron chi connectivity index (χ4n) is 4.50. The summed E-state index contributed by atoms with van der Waals surface area (Å²) in [6.07, 6.45) is 5.82. The van der Waals surface area contributed by atoms with Gasteiger partial charge < -0.3 is 13.9 Å². The molecule has 1 aliphatic rings. The summed E-state index contributed by atoms with van der Waals surface area (Å²) in [5, 5.41) is 11.8. The molecule has 1 unspecified atom stereocenters. The standard InChI is InChI=1S/C25H22N4O5/c1-15-11-19-20(12-16(15)2)34-24-21(23(19)30)22(17-5-3-6-18(13-17)29(32)33)28(25(24)31)9-4-8-27-10-7-26-14-27/h3,5-7,10-14,22H,4,8-9H2,1-2H3. The Kier molecular flexibility index (Phi) is 5.24. The van der Waals surface area contributed by atoms with Crippen molar-refractivity contribution >= 4 is 22.6 Å². The normalized spacial score (nSPS) is 15.2. The zero-order chi connectivity index (χ0) is 24.0. The van der Waals surface area contributed by atoms with Crippen LogP contribution in [0.15, 0.2) is 64.3 Å². The Bertz CT molecular complexity index is 1490. The summed E-state index contributed by atoms with van der Waals surface area (Å²) in [6.45, 7) is 4.79. The average molecular weight is 458 g/mol. The molecule has 0 saturated carbocycles. The fraction of sp³-hybridized carbons (Fsp3) is 0.240. The van der Waals surface area contributed by atoms with Gasteiger partial charge in [0, 0.05) is 37.6 Å². The summed E-state index contributed by atoms with van der Waals surface area (Å²) in [7, 11) is 0. The molecule has 5 rings (SSSR count). The van der Waals surface area contributed by atoms with Gasteiger partial charge in [-0.05, 0) is 49.1 Å². The number of hydrogen-bond acceptors (Lipinski definition) is 6. The second-order valence-electron chi connectivity index (χ2n) is 8.51. The zero-order valence-electron chi connectivity index (χ0n) is 18.7. The maximum atomic E-state index is 13.7. The van der Waals surface area contributed by atoms with Crippen molar-refractivity contribution in [1.82, 2.24) is 14.5 Å². The number of nitro benzene ring substituents is 1. The van der Waals surface area contributed by atoms with E-state index in [9.17, 15) is 19.7 Å². The minimum atomic E-state index is -0.771. The van der Waals surface area contributed by atoms with Crippen molar-refractivity contribution < 1.29 is 14.1 Å². The lowest BCUT2D eigenvalue weighted by Crippen LogP contribution is -2.31. The van der Waals surface area contributed by atoms with E-state index in [1.54, 1.807) is 41.7 Å². The summed E-state index contributed by atoms with van der Waals surface area (Å²) in [4.78, 5) is 43.7. The predicted molar refractivity (Wildman–Crippen MR) is 125 cm³/mol. The molecule has 4 aromatic rings. The molecule has 0 fully saturated rings. The molecule has 0 bridgehead atoms. The molecular weight excluding hydrogens is 436 g/mol. The van der Waals surface area contributed by atoms with Crippen molar-refractivity contribution in [3.63, 3.8) is 0 Å². The van der Waals surface area contributed by atoms with Crippen molar-refractivity contribution in [3.8, 4) is 0 Å². The van der Waals surface area contributed by atoms with Crippen molar-refractivity contribution in [2.45, 2.75) is 32.9 Å². The number of aromatic nitrogens is 2. The van der Waals surface area contributed by atoms with Crippen LogP contribution in [0.25, 0.3) is 11.0 Å². The number of carbonyl (C=O) groups is 1. The van der Waals surface area contributed by atoms with Crippen LogP contribution in [0.3, 0.4) is 0 Å². The molecule has 0 N–H and O–H groups in total. The molecule has 0 aliphatic carbocycles. The first-order valence-corrected chi connectivity index (χ1v) is 10.9. The van der Waals surface area contributed by atoms with Gasteiger partial charge >= 0.3 is 0 Å². The topological polar surface area (TPSA) is 111 Å². The summed E-state index contributed by atoms with van der Waals surface area (Å²) in [5.41, 5.74) is 2.58. The molecule has 9 heteroatoms. The number of nitrogens with zero attached hydrogens (tertiary/aromatic N) is 4. The smallest absolute Gasteiger partial charge is 0.290 e. The van der Waals surface area contributed by atoms with Crippen molar-refractivity contribution in [3.05, 3.63) is 103 Å². The monoisotopic (exact) mass is 458 g/mol. The molecule has 34 heavy (non-hydrogen) atoms. The van der Waals surface area contributed by atoms with E-state index in [1.165, 1.54) is 12.1 Å². The second-order valence-corrected chi connectivity index (χ2v) is 8.51. The van der Waals surface area contributed by atoms with Crippen LogP contribution in [0, 0.1) is 24.0 Å². The molecule has 172 valence electrons. The van der Waals surface area contributed by atoms with E-state index in [2.05, 4.69) is 4.98 Å². The number of aryl methyl sites for hydroxylation is 3. The Morgan fingerprint density at radius 1 is 1.12 bits per heavy atom. The van der Waals surface area contributed by atoms with Crippen LogP contribution in [0.2, 0.25) is 0 Å². The van der Waals surface area contributed by atoms with Gasteiger partial charge in [-0.2, -0.15) is 0 Å². The van der Waals surface area contributed by atoms with Crippen molar-refractivity contribution in [2.24, 2.45) is 0 Å². The lowest BCUT2D eigenvalue weighted by Gasteiger charge is -2.25. The van der Waals surface area contributed by atoms with Gasteiger partial charge in [0.15, 0.2) is 5.43 Å². The van der Waals surface area contributed by atoms with E-state index in [4.69, 9.17) is 4.42 Å². The first kappa shape index (κ1) is 21.6. The van der Waals surface area contributed by atoms with Crippen molar-refractivity contribution in [2.75, 3.05) is 6.54 Å². The molecular formula is C25H22N4O5. The van der Waals surface area contributed by atoms with Crippen LogP contribution in [0.5, 0.6) is 0 Å². The maximum Gasteiger partial charge on any atom is 0.290 e. The minimum Gasteiger partial charge on any atom is -0.450 e. The highest BCUT2D eigenvalue weighted by molar-refractivity contribution is 5.99. The summed E-state index contributed by atoms with van der Waals surface area (Å²) >= 11 is 0. The SMILES string of the molecule is Cc1cc2oc3c(c(=O)c2cc1C)C(c1cccc([N+](=O)[O-])c1)N(CCCn1ccnc1)C3=O. The Morgan fingerprint density at radius 3 is 2.65 bits per heavy atom. The van der Waals surface area contributed by atoms with E-state index in [1.807, 2.05) is 24.6 Å². The number of nitro groups is 1. The second kappa shape index (κ2) is 8.26. The van der Waals surface area contributed by atoms with E-state index < -0.39 is 16.9 Å². The number of benzene rings is 2. The predicted octanol–water partition coefficient (Wildman–Crippen LogP) is 4.15. The molecule has 1 amide bonds. The molecule has 2 aromatic heterocycles. The zero-order valence-corrected chi connectivity index (χ0v) is 18.7. The summed E-state index contributed by atoms with van der Waals surface area (Å²) in [6, 6.07) is 8.84. The Balaban J connectivity index is 1.64. The van der Waals surface area contributed by atoms with Gasteiger partial charge in [0.2, 0.25) is 5.76 Å². The van der Waals surface area contributed by atoms with Crippen molar-refractivity contribution in [1.29, 1.82) is 0 Å². The Morgan fingerprint density at radius 2 is 1.91 bits per heavy atom. The van der Waals surface area contributed by atoms with E-state index in [0.717, 1.165) is 11.1 Å². The molecule has 0 radical (unpaired) electrons. The molecule has 1 atom stereocenters. The first-order chi connectivity index (χ1) is 16.3. The number of hydrogen-bond donors (Lipinski definition) is 0. The number of non-ortho nitro benzene ring substituents is 1. The molecule has 0 spiro atoms. The van der Waals surface area contributed by atoms with Gasteiger partial charge in [0.1, 0.15) is 5.58 Å². The van der Waals surface area contributed by atoms with Crippen LogP contribution in [-0.2, 0) is 6.54 Å². The van der Waals surface area contributed by atoms with Gasteiger partial charge in [-0.1, -0.05) is 12.1 Å². The highest BCUT2D eigenvalue weighted by Crippen LogP contribution is 2.39. The third-order valence-electron chi connectivity index (χ3n) is 6.35. The number of amides is 1. The first-order valence-electron chi connectivity index (χ1n) is 10.9. The minimum absolute atomic E-state index is 0.000102. The summed E-state index contributed by atoms with van der Waals surface area (Å²) < 4.78 is 7.91. The third-order valence-corrected chi connectivity index (χ3v) is 6.35. The lowest BCUT2D eigenvalue weighted by molar-refractivity contribution is -0.384. The van der Waals surface area contributed by atoms with E-state index in [-0.39, 0.29) is 22.4 Å². The van der Waals surface area contributed by atoms with Crippen LogP contribution in [0.4, 0.5) is 5.69 Å². The maximum absolute atomic E-state index is 13.7. The van der Waals surface area contributed by atoms with E-state index >= 15 is 0 Å². The largest absolute Gasteiger partial charge is 0.450 e. The van der Waals surface area contributed by atoms with Gasteiger partial charge in [-0.25, -0.2) is 4.98 Å². The molecule has 1 aliphatic heterocycles. The fourth-order valence-corrected chi connectivity index (χ4v) is 4.50. The Labute approximate surface area is 194 Å². The van der Waals surface area contributed by atoms with E-state index in [0.29, 0.717) is 36.0 Å². The number of rotatable bonds is 6. The number of carbonyl (C=O) groups excluding carboxylic acids is 1.